The molecule has 0 amide bonds. The zero-order valence-corrected chi connectivity index (χ0v) is 12.2. The Kier molecular flexibility index (Phi) is 3.90. The van der Waals surface area contributed by atoms with E-state index in [0.29, 0.717) is 6.10 Å². The molecule has 1 aromatic rings. The van der Waals surface area contributed by atoms with Crippen molar-refractivity contribution in [1.82, 2.24) is 5.32 Å². The van der Waals surface area contributed by atoms with E-state index in [1.807, 2.05) is 0 Å². The van der Waals surface area contributed by atoms with Crippen LogP contribution in [0.2, 0.25) is 0 Å². The van der Waals surface area contributed by atoms with Crippen LogP contribution in [0.4, 0.5) is 0 Å². The third-order valence-electron chi connectivity index (χ3n) is 3.75. The predicted octanol–water partition coefficient (Wildman–Crippen LogP) is 3.53. The minimum Gasteiger partial charge on any atom is -0.490 e. The normalized spacial score (nSPS) is 23.9. The molecule has 2 aliphatic rings. The van der Waals surface area contributed by atoms with Gasteiger partial charge in [0, 0.05) is 4.47 Å². The van der Waals surface area contributed by atoms with Crippen LogP contribution in [0.25, 0.3) is 0 Å². The summed E-state index contributed by atoms with van der Waals surface area (Å²) >= 11 is 3.57. The molecule has 2 fully saturated rings. The lowest BCUT2D eigenvalue weighted by molar-refractivity contribution is 0.295. The van der Waals surface area contributed by atoms with E-state index in [0.717, 1.165) is 29.1 Å². The number of nitrogens with one attached hydrogen (secondary N) is 1. The third kappa shape index (κ3) is 3.27. The maximum absolute atomic E-state index is 6.01. The lowest BCUT2D eigenvalue weighted by Gasteiger charge is -2.23. The number of benzene rings is 1. The van der Waals surface area contributed by atoms with Crippen molar-refractivity contribution in [3.8, 4) is 5.75 Å². The van der Waals surface area contributed by atoms with Gasteiger partial charge < -0.3 is 10.1 Å². The van der Waals surface area contributed by atoms with Gasteiger partial charge in [-0.25, -0.2) is 0 Å². The Morgan fingerprint density at radius 3 is 2.89 bits per heavy atom. The van der Waals surface area contributed by atoms with Crippen LogP contribution in [0.3, 0.4) is 0 Å². The fraction of sp³-hybridized carbons (Fsp3) is 0.600. The second-order valence-corrected chi connectivity index (χ2v) is 6.40. The van der Waals surface area contributed by atoms with Gasteiger partial charge in [-0.1, -0.05) is 15.9 Å². The number of rotatable bonds is 4. The second kappa shape index (κ2) is 5.62. The van der Waals surface area contributed by atoms with E-state index in [2.05, 4.69) is 39.4 Å². The Hall–Kier alpha value is -0.540. The Labute approximate surface area is 117 Å². The molecule has 18 heavy (non-hydrogen) atoms. The standard InChI is InChI=1S/C15H20BrNO/c16-13-3-6-15(18-14-4-5-14)12(9-13)8-11-2-1-7-17-10-11/h3,6,9,11,14,17H,1-2,4-5,7-8,10H2. The summed E-state index contributed by atoms with van der Waals surface area (Å²) in [4.78, 5) is 0. The van der Waals surface area contributed by atoms with Crippen LogP contribution >= 0.6 is 15.9 Å². The molecule has 98 valence electrons. The molecule has 0 bridgehead atoms. The SMILES string of the molecule is Brc1ccc(OC2CC2)c(CC2CCCNC2)c1. The minimum atomic E-state index is 0.481. The van der Waals surface area contributed by atoms with Crippen molar-refractivity contribution in [2.75, 3.05) is 13.1 Å². The molecule has 0 spiro atoms. The van der Waals surface area contributed by atoms with E-state index in [9.17, 15) is 0 Å². The molecule has 1 saturated carbocycles. The van der Waals surface area contributed by atoms with Crippen molar-refractivity contribution in [3.63, 3.8) is 0 Å². The largest absolute Gasteiger partial charge is 0.490 e. The smallest absolute Gasteiger partial charge is 0.122 e. The highest BCUT2D eigenvalue weighted by molar-refractivity contribution is 9.10. The molecule has 2 nitrogen and oxygen atoms in total. The molecule has 1 aromatic carbocycles. The molecular formula is C15H20BrNO. The highest BCUT2D eigenvalue weighted by Crippen LogP contribution is 2.32. The van der Waals surface area contributed by atoms with Gasteiger partial charge in [-0.2, -0.15) is 0 Å². The zero-order chi connectivity index (χ0) is 12.4. The monoisotopic (exact) mass is 309 g/mol. The van der Waals surface area contributed by atoms with Crippen LogP contribution in [-0.4, -0.2) is 19.2 Å². The maximum atomic E-state index is 6.01. The summed E-state index contributed by atoms with van der Waals surface area (Å²) < 4.78 is 7.17. The summed E-state index contributed by atoms with van der Waals surface area (Å²) in [5.74, 6) is 1.86. The summed E-state index contributed by atoms with van der Waals surface area (Å²) in [5.41, 5.74) is 1.37. The molecule has 1 saturated heterocycles. The van der Waals surface area contributed by atoms with Gasteiger partial charge in [0.15, 0.2) is 0 Å². The first-order valence-corrected chi connectivity index (χ1v) is 7.76. The van der Waals surface area contributed by atoms with Crippen molar-refractivity contribution in [2.24, 2.45) is 5.92 Å². The summed E-state index contributed by atoms with van der Waals surface area (Å²) in [5, 5.41) is 3.49. The first-order chi connectivity index (χ1) is 8.81. The lowest BCUT2D eigenvalue weighted by Crippen LogP contribution is -2.30. The van der Waals surface area contributed by atoms with Crippen LogP contribution in [0.5, 0.6) is 5.75 Å². The van der Waals surface area contributed by atoms with Crippen LogP contribution < -0.4 is 10.1 Å². The highest BCUT2D eigenvalue weighted by Gasteiger charge is 2.25. The van der Waals surface area contributed by atoms with Gasteiger partial charge in [0.25, 0.3) is 0 Å². The molecule has 1 heterocycles. The van der Waals surface area contributed by atoms with E-state index in [4.69, 9.17) is 4.74 Å². The molecule has 1 N–H and O–H groups in total. The zero-order valence-electron chi connectivity index (χ0n) is 10.6. The van der Waals surface area contributed by atoms with Crippen LogP contribution in [0, 0.1) is 5.92 Å². The first kappa shape index (κ1) is 12.5. The average Bonchev–Trinajstić information content (AvgIpc) is 3.18. The van der Waals surface area contributed by atoms with E-state index in [1.165, 1.54) is 37.8 Å². The van der Waals surface area contributed by atoms with E-state index in [1.54, 1.807) is 0 Å². The van der Waals surface area contributed by atoms with Crippen molar-refractivity contribution in [1.29, 1.82) is 0 Å². The fourth-order valence-electron chi connectivity index (χ4n) is 2.60. The summed E-state index contributed by atoms with van der Waals surface area (Å²) in [6.07, 6.45) is 6.70. The molecule has 3 heteroatoms. The molecule has 1 aliphatic carbocycles. The van der Waals surface area contributed by atoms with Gasteiger partial charge in [0.2, 0.25) is 0 Å². The minimum absolute atomic E-state index is 0.481. The van der Waals surface area contributed by atoms with E-state index in [-0.39, 0.29) is 0 Å². The Balaban J connectivity index is 1.72. The first-order valence-electron chi connectivity index (χ1n) is 6.97. The lowest BCUT2D eigenvalue weighted by atomic mass is 9.92. The molecule has 1 atom stereocenters. The average molecular weight is 310 g/mol. The van der Waals surface area contributed by atoms with Gasteiger partial charge in [0.05, 0.1) is 6.10 Å². The topological polar surface area (TPSA) is 21.3 Å². The summed E-state index contributed by atoms with van der Waals surface area (Å²) in [7, 11) is 0. The number of piperidine rings is 1. The Bertz CT molecular complexity index is 411. The Morgan fingerprint density at radius 2 is 2.17 bits per heavy atom. The van der Waals surface area contributed by atoms with E-state index < -0.39 is 0 Å². The predicted molar refractivity (Wildman–Crippen MR) is 77.1 cm³/mol. The maximum Gasteiger partial charge on any atom is 0.122 e. The fourth-order valence-corrected chi connectivity index (χ4v) is 3.01. The van der Waals surface area contributed by atoms with Gasteiger partial charge in [0.1, 0.15) is 5.75 Å². The molecular weight excluding hydrogens is 290 g/mol. The van der Waals surface area contributed by atoms with Gasteiger partial charge >= 0.3 is 0 Å². The second-order valence-electron chi connectivity index (χ2n) is 5.49. The molecule has 1 aliphatic heterocycles. The van der Waals surface area contributed by atoms with Crippen LogP contribution in [-0.2, 0) is 6.42 Å². The molecule has 0 radical (unpaired) electrons. The number of hydrogen-bond acceptors (Lipinski definition) is 2. The highest BCUT2D eigenvalue weighted by atomic mass is 79.9. The van der Waals surface area contributed by atoms with Crippen molar-refractivity contribution in [3.05, 3.63) is 28.2 Å². The van der Waals surface area contributed by atoms with Crippen molar-refractivity contribution < 1.29 is 4.74 Å². The van der Waals surface area contributed by atoms with Gasteiger partial charge in [-0.3, -0.25) is 0 Å². The third-order valence-corrected chi connectivity index (χ3v) is 4.24. The number of hydrogen-bond donors (Lipinski definition) is 1. The summed E-state index contributed by atoms with van der Waals surface area (Å²) in [6, 6.07) is 6.43. The number of halogens is 1. The molecule has 1 unspecified atom stereocenters. The molecule has 3 rings (SSSR count). The van der Waals surface area contributed by atoms with Crippen molar-refractivity contribution >= 4 is 15.9 Å². The van der Waals surface area contributed by atoms with Gasteiger partial charge in [-0.15, -0.1) is 0 Å². The van der Waals surface area contributed by atoms with Gasteiger partial charge in [-0.05, 0) is 74.9 Å². The van der Waals surface area contributed by atoms with Crippen LogP contribution in [0.1, 0.15) is 31.2 Å². The molecule has 0 aromatic heterocycles. The Morgan fingerprint density at radius 1 is 1.28 bits per heavy atom. The summed E-state index contributed by atoms with van der Waals surface area (Å²) in [6.45, 7) is 2.33. The van der Waals surface area contributed by atoms with Crippen LogP contribution in [0.15, 0.2) is 22.7 Å². The quantitative estimate of drug-likeness (QED) is 0.918. The van der Waals surface area contributed by atoms with E-state index >= 15 is 0 Å². The number of ether oxygens (including phenoxy) is 1. The van der Waals surface area contributed by atoms with Crippen molar-refractivity contribution in [2.45, 2.75) is 38.2 Å².